The Morgan fingerprint density at radius 3 is 2.61 bits per heavy atom. The Kier molecular flexibility index (Phi) is 6.74. The maximum absolute atomic E-state index is 13.1. The molecule has 1 atom stereocenters. The number of hydrogen-bond donors (Lipinski definition) is 0. The largest absolute Gasteiger partial charge is 0.463 e. The molecular weight excluding hydrogens is 398 g/mol. The summed E-state index contributed by atoms with van der Waals surface area (Å²) in [5.41, 5.74) is 2.82. The Labute approximate surface area is 180 Å². The molecule has 1 amide bonds. The monoisotopic (exact) mass is 423 g/mol. The minimum atomic E-state index is -0.600. The minimum absolute atomic E-state index is 0.0481. The normalized spacial score (nSPS) is 16.3. The molecule has 1 aromatic heterocycles. The molecule has 0 aliphatic carbocycles. The van der Waals surface area contributed by atoms with Crippen LogP contribution in [-0.2, 0) is 25.6 Å². The second kappa shape index (κ2) is 9.47. The zero-order valence-corrected chi connectivity index (χ0v) is 17.8. The molecule has 0 saturated carbocycles. The Hall–Kier alpha value is -3.61. The summed E-state index contributed by atoms with van der Waals surface area (Å²) in [5.74, 6) is -1.20. The van der Waals surface area contributed by atoms with Crippen molar-refractivity contribution in [1.82, 2.24) is 4.90 Å². The number of aryl methyl sites for hydroxylation is 1. The third-order valence-electron chi connectivity index (χ3n) is 5.30. The van der Waals surface area contributed by atoms with Crippen LogP contribution in [0.25, 0.3) is 0 Å². The van der Waals surface area contributed by atoms with Gasteiger partial charge in [-0.15, -0.1) is 0 Å². The second-order valence-electron chi connectivity index (χ2n) is 7.24. The number of benzene rings is 1. The molecule has 31 heavy (non-hydrogen) atoms. The highest BCUT2D eigenvalue weighted by molar-refractivity contribution is 5.96. The molecule has 0 bridgehead atoms. The van der Waals surface area contributed by atoms with E-state index in [1.807, 2.05) is 31.2 Å². The van der Waals surface area contributed by atoms with Crippen molar-refractivity contribution < 1.29 is 28.3 Å². The fourth-order valence-electron chi connectivity index (χ4n) is 3.75. The number of ether oxygens (including phenoxy) is 2. The van der Waals surface area contributed by atoms with Crippen LogP contribution in [0, 0.1) is 6.92 Å². The van der Waals surface area contributed by atoms with E-state index in [0.29, 0.717) is 17.0 Å². The predicted octanol–water partition coefficient (Wildman–Crippen LogP) is 3.89. The van der Waals surface area contributed by atoms with Gasteiger partial charge in [-0.05, 0) is 37.1 Å². The number of carbonyl (C=O) groups excluding carboxylic acids is 3. The summed E-state index contributed by atoms with van der Waals surface area (Å²) in [6.07, 6.45) is 1.62. The van der Waals surface area contributed by atoms with E-state index in [9.17, 15) is 14.4 Å². The van der Waals surface area contributed by atoms with Crippen LogP contribution in [-0.4, -0.2) is 36.5 Å². The number of rotatable bonds is 7. The molecule has 0 saturated heterocycles. The lowest BCUT2D eigenvalue weighted by Crippen LogP contribution is -2.38. The van der Waals surface area contributed by atoms with Crippen LogP contribution in [0.15, 0.2) is 64.7 Å². The lowest BCUT2D eigenvalue weighted by atomic mass is 9.82. The van der Waals surface area contributed by atoms with Crippen LogP contribution in [0.1, 0.15) is 46.7 Å². The third-order valence-corrected chi connectivity index (χ3v) is 5.30. The number of hydrogen-bond acceptors (Lipinski definition) is 6. The molecule has 1 aromatic carbocycles. The summed E-state index contributed by atoms with van der Waals surface area (Å²) in [5, 5.41) is 0. The molecule has 3 rings (SSSR count). The van der Waals surface area contributed by atoms with Crippen molar-refractivity contribution in [2.24, 2.45) is 0 Å². The maximum atomic E-state index is 13.1. The van der Waals surface area contributed by atoms with Crippen LogP contribution >= 0.6 is 0 Å². The molecule has 1 unspecified atom stereocenters. The number of methoxy groups -OCH3 is 1. The highest BCUT2D eigenvalue weighted by atomic mass is 16.5. The summed E-state index contributed by atoms with van der Waals surface area (Å²) in [6, 6.07) is 10.8. The van der Waals surface area contributed by atoms with E-state index < -0.39 is 17.9 Å². The van der Waals surface area contributed by atoms with Gasteiger partial charge in [-0.2, -0.15) is 0 Å². The number of allylic oxidation sites excluding steroid dienone is 1. The minimum Gasteiger partial charge on any atom is -0.463 e. The lowest BCUT2D eigenvalue weighted by molar-refractivity contribution is -0.139. The van der Waals surface area contributed by atoms with Gasteiger partial charge in [0.25, 0.3) is 0 Å². The van der Waals surface area contributed by atoms with Crippen molar-refractivity contribution in [3.63, 3.8) is 0 Å². The first-order chi connectivity index (χ1) is 14.9. The molecular formula is C24H25NO6. The number of amides is 1. The quantitative estimate of drug-likeness (QED) is 0.496. The van der Waals surface area contributed by atoms with Crippen LogP contribution in [0.5, 0.6) is 0 Å². The predicted molar refractivity (Wildman–Crippen MR) is 113 cm³/mol. The number of esters is 2. The Morgan fingerprint density at radius 2 is 1.94 bits per heavy atom. The first kappa shape index (κ1) is 22.1. The van der Waals surface area contributed by atoms with Crippen molar-refractivity contribution >= 4 is 17.8 Å². The Morgan fingerprint density at radius 1 is 1.19 bits per heavy atom. The number of furan rings is 1. The summed E-state index contributed by atoms with van der Waals surface area (Å²) >= 11 is 0. The molecule has 2 heterocycles. The first-order valence-corrected chi connectivity index (χ1v) is 9.89. The van der Waals surface area contributed by atoms with E-state index in [1.165, 1.54) is 24.2 Å². The lowest BCUT2D eigenvalue weighted by Gasteiger charge is -2.34. The molecule has 0 spiro atoms. The molecule has 1 aliphatic rings. The van der Waals surface area contributed by atoms with Crippen molar-refractivity contribution in [2.75, 3.05) is 13.7 Å². The van der Waals surface area contributed by atoms with Gasteiger partial charge in [0.2, 0.25) is 11.7 Å². The van der Waals surface area contributed by atoms with E-state index in [1.54, 1.807) is 13.0 Å². The smallest absolute Gasteiger partial charge is 0.373 e. The van der Waals surface area contributed by atoms with Crippen LogP contribution in [0.3, 0.4) is 0 Å². The zero-order valence-electron chi connectivity index (χ0n) is 17.8. The Balaban J connectivity index is 2.00. The molecule has 0 N–H and O–H groups in total. The highest BCUT2D eigenvalue weighted by Gasteiger charge is 2.37. The first-order valence-electron chi connectivity index (χ1n) is 9.89. The standard InChI is InChI=1S/C24H25NO6/c1-5-12-30-24(28)22-16(3)25(14-17-10-11-20(31-17)23(27)29-4)21(26)13-19(22)18-9-7-6-8-15(18)2/h5-11,19H,1,12-14H2,2-4H3. The van der Waals surface area contributed by atoms with Gasteiger partial charge in [0, 0.05) is 18.0 Å². The van der Waals surface area contributed by atoms with Gasteiger partial charge in [0.05, 0.1) is 19.2 Å². The fraction of sp³-hybridized carbons (Fsp3) is 0.292. The SMILES string of the molecule is C=CCOC(=O)C1=C(C)N(Cc2ccc(C(=O)OC)o2)C(=O)CC1c1ccccc1C. The van der Waals surface area contributed by atoms with Crippen molar-refractivity contribution in [3.05, 3.63) is 83.0 Å². The van der Waals surface area contributed by atoms with Gasteiger partial charge < -0.3 is 18.8 Å². The van der Waals surface area contributed by atoms with Gasteiger partial charge in [-0.1, -0.05) is 36.9 Å². The molecule has 7 heteroatoms. The highest BCUT2D eigenvalue weighted by Crippen LogP contribution is 2.39. The third kappa shape index (κ3) is 4.60. The van der Waals surface area contributed by atoms with E-state index >= 15 is 0 Å². The van der Waals surface area contributed by atoms with Crippen molar-refractivity contribution in [3.8, 4) is 0 Å². The summed E-state index contributed by atoms with van der Waals surface area (Å²) < 4.78 is 15.5. The van der Waals surface area contributed by atoms with E-state index in [0.717, 1.165) is 11.1 Å². The average Bonchev–Trinajstić information content (AvgIpc) is 3.23. The fourth-order valence-corrected chi connectivity index (χ4v) is 3.75. The Bertz CT molecular complexity index is 1050. The van der Waals surface area contributed by atoms with Gasteiger partial charge in [-0.3, -0.25) is 4.79 Å². The summed E-state index contributed by atoms with van der Waals surface area (Å²) in [7, 11) is 1.26. The van der Waals surface area contributed by atoms with E-state index in [4.69, 9.17) is 9.15 Å². The zero-order chi connectivity index (χ0) is 22.5. The second-order valence-corrected chi connectivity index (χ2v) is 7.24. The van der Waals surface area contributed by atoms with Crippen LogP contribution in [0.4, 0.5) is 0 Å². The molecule has 7 nitrogen and oxygen atoms in total. The van der Waals surface area contributed by atoms with Crippen LogP contribution in [0.2, 0.25) is 0 Å². The average molecular weight is 423 g/mol. The van der Waals surface area contributed by atoms with Crippen LogP contribution < -0.4 is 0 Å². The summed E-state index contributed by atoms with van der Waals surface area (Å²) in [4.78, 5) is 39.2. The van der Waals surface area contributed by atoms with Crippen molar-refractivity contribution in [2.45, 2.75) is 32.7 Å². The number of nitrogens with zero attached hydrogens (tertiary/aromatic N) is 1. The molecule has 0 fully saturated rings. The van der Waals surface area contributed by atoms with Gasteiger partial charge in [0.15, 0.2) is 0 Å². The van der Waals surface area contributed by atoms with Gasteiger partial charge >= 0.3 is 11.9 Å². The maximum Gasteiger partial charge on any atom is 0.373 e. The van der Waals surface area contributed by atoms with Gasteiger partial charge in [-0.25, -0.2) is 9.59 Å². The van der Waals surface area contributed by atoms with Crippen molar-refractivity contribution in [1.29, 1.82) is 0 Å². The molecule has 1 aliphatic heterocycles. The van der Waals surface area contributed by atoms with Gasteiger partial charge in [0.1, 0.15) is 12.4 Å². The van der Waals surface area contributed by atoms with E-state index in [2.05, 4.69) is 11.3 Å². The number of carbonyl (C=O) groups is 3. The van der Waals surface area contributed by atoms with E-state index in [-0.39, 0.29) is 31.2 Å². The molecule has 162 valence electrons. The summed E-state index contributed by atoms with van der Waals surface area (Å²) in [6.45, 7) is 7.41. The molecule has 2 aromatic rings. The molecule has 0 radical (unpaired) electrons. The topological polar surface area (TPSA) is 86.1 Å².